The zero-order valence-electron chi connectivity index (χ0n) is 9.34. The predicted octanol–water partition coefficient (Wildman–Crippen LogP) is 2.52. The summed E-state index contributed by atoms with van der Waals surface area (Å²) in [6.07, 6.45) is 1.50. The Kier molecular flexibility index (Phi) is 4.17. The average molecular weight is 280 g/mol. The van der Waals surface area contributed by atoms with E-state index in [0.29, 0.717) is 5.03 Å². The number of benzene rings is 1. The summed E-state index contributed by atoms with van der Waals surface area (Å²) in [5.41, 5.74) is 6.28. The summed E-state index contributed by atoms with van der Waals surface area (Å²) >= 11 is 7.32. The molecule has 2 aromatic rings. The molecule has 1 amide bonds. The Morgan fingerprint density at radius 3 is 2.67 bits per heavy atom. The fraction of sp³-hybridized carbons (Fsp3) is 0.0833. The molecule has 1 aromatic heterocycles. The van der Waals surface area contributed by atoms with E-state index in [-0.39, 0.29) is 10.8 Å². The van der Waals surface area contributed by atoms with E-state index < -0.39 is 5.91 Å². The van der Waals surface area contributed by atoms with Gasteiger partial charge in [-0.1, -0.05) is 41.9 Å². The highest BCUT2D eigenvalue weighted by Crippen LogP contribution is 2.22. The van der Waals surface area contributed by atoms with Crippen LogP contribution in [0.4, 0.5) is 0 Å². The summed E-state index contributed by atoms with van der Waals surface area (Å²) in [6, 6.07) is 9.97. The van der Waals surface area contributed by atoms with Crippen molar-refractivity contribution in [3.63, 3.8) is 0 Å². The van der Waals surface area contributed by atoms with Gasteiger partial charge in [-0.15, -0.1) is 11.8 Å². The van der Waals surface area contributed by atoms with E-state index in [2.05, 4.69) is 9.97 Å². The van der Waals surface area contributed by atoms with Gasteiger partial charge < -0.3 is 5.73 Å². The van der Waals surface area contributed by atoms with Crippen LogP contribution >= 0.6 is 23.4 Å². The van der Waals surface area contributed by atoms with Gasteiger partial charge in [0.2, 0.25) is 0 Å². The smallest absolute Gasteiger partial charge is 0.270 e. The number of carbonyl (C=O) groups is 1. The van der Waals surface area contributed by atoms with Crippen molar-refractivity contribution >= 4 is 29.3 Å². The second-order valence-corrected chi connectivity index (χ2v) is 4.84. The number of hydrogen-bond acceptors (Lipinski definition) is 4. The van der Waals surface area contributed by atoms with Gasteiger partial charge >= 0.3 is 0 Å². The molecule has 2 N–H and O–H groups in total. The number of rotatable bonds is 4. The first-order valence-electron chi connectivity index (χ1n) is 5.16. The first-order valence-corrected chi connectivity index (χ1v) is 6.52. The molecule has 0 radical (unpaired) electrons. The summed E-state index contributed by atoms with van der Waals surface area (Å²) in [5.74, 6) is 0.0917. The predicted molar refractivity (Wildman–Crippen MR) is 71.6 cm³/mol. The topological polar surface area (TPSA) is 68.9 Å². The van der Waals surface area contributed by atoms with Gasteiger partial charge in [-0.05, 0) is 5.56 Å². The Morgan fingerprint density at radius 2 is 2.06 bits per heavy atom. The molecule has 1 heterocycles. The van der Waals surface area contributed by atoms with E-state index in [1.54, 1.807) is 0 Å². The summed E-state index contributed by atoms with van der Waals surface area (Å²) in [4.78, 5) is 18.9. The fourth-order valence-electron chi connectivity index (χ4n) is 1.32. The second kappa shape index (κ2) is 5.84. The molecule has 0 spiro atoms. The molecule has 6 heteroatoms. The minimum atomic E-state index is -0.674. The van der Waals surface area contributed by atoms with Gasteiger partial charge in [0.15, 0.2) is 10.8 Å². The van der Waals surface area contributed by atoms with Crippen molar-refractivity contribution in [2.45, 2.75) is 10.8 Å². The molecule has 18 heavy (non-hydrogen) atoms. The van der Waals surface area contributed by atoms with E-state index >= 15 is 0 Å². The van der Waals surface area contributed by atoms with Gasteiger partial charge in [0.05, 0.1) is 6.20 Å². The number of nitrogens with two attached hydrogens (primary N) is 1. The van der Waals surface area contributed by atoms with E-state index in [4.69, 9.17) is 17.3 Å². The molecule has 4 nitrogen and oxygen atoms in total. The minimum absolute atomic E-state index is 0.000674. The lowest BCUT2D eigenvalue weighted by Gasteiger charge is -2.03. The maximum absolute atomic E-state index is 10.9. The SMILES string of the molecule is NC(=O)c1ncc(SCc2ccccc2)nc1Cl. The maximum atomic E-state index is 10.9. The van der Waals surface area contributed by atoms with Crippen molar-refractivity contribution in [1.82, 2.24) is 9.97 Å². The fourth-order valence-corrected chi connectivity index (χ4v) is 2.39. The molecule has 0 atom stereocenters. The Morgan fingerprint density at radius 1 is 1.33 bits per heavy atom. The zero-order chi connectivity index (χ0) is 13.0. The molecule has 1 aromatic carbocycles. The van der Waals surface area contributed by atoms with E-state index in [1.165, 1.54) is 23.5 Å². The van der Waals surface area contributed by atoms with Crippen LogP contribution in [0, 0.1) is 0 Å². The van der Waals surface area contributed by atoms with Crippen molar-refractivity contribution in [2.75, 3.05) is 0 Å². The van der Waals surface area contributed by atoms with Crippen molar-refractivity contribution < 1.29 is 4.79 Å². The van der Waals surface area contributed by atoms with Gasteiger partial charge in [-0.3, -0.25) is 4.79 Å². The maximum Gasteiger partial charge on any atom is 0.270 e. The quantitative estimate of drug-likeness (QED) is 0.873. The van der Waals surface area contributed by atoms with Crippen LogP contribution in [0.15, 0.2) is 41.6 Å². The molecular weight excluding hydrogens is 270 g/mol. The number of amides is 1. The first-order chi connectivity index (χ1) is 8.66. The molecule has 2 rings (SSSR count). The number of thioether (sulfide) groups is 1. The standard InChI is InChI=1S/C12H10ClN3OS/c13-11-10(12(14)17)15-6-9(16-11)18-7-8-4-2-1-3-5-8/h1-6H,7H2,(H2,14,17). The monoisotopic (exact) mass is 279 g/mol. The number of carbonyl (C=O) groups excluding carboxylic acids is 1. The van der Waals surface area contributed by atoms with Crippen LogP contribution in [0.1, 0.15) is 16.1 Å². The summed E-state index contributed by atoms with van der Waals surface area (Å²) in [5, 5.41) is 0.703. The van der Waals surface area contributed by atoms with Crippen LogP contribution in [0.5, 0.6) is 0 Å². The molecule has 92 valence electrons. The molecule has 0 aliphatic heterocycles. The Bertz CT molecular complexity index is 563. The Balaban J connectivity index is 2.07. The highest BCUT2D eigenvalue weighted by atomic mass is 35.5. The highest BCUT2D eigenvalue weighted by molar-refractivity contribution is 7.98. The van der Waals surface area contributed by atoms with Gasteiger partial charge in [-0.2, -0.15) is 0 Å². The summed E-state index contributed by atoms with van der Waals surface area (Å²) < 4.78 is 0. The van der Waals surface area contributed by atoms with Crippen molar-refractivity contribution in [3.05, 3.63) is 52.9 Å². The lowest BCUT2D eigenvalue weighted by molar-refractivity contribution is 0.0995. The van der Waals surface area contributed by atoms with Crippen LogP contribution in [-0.2, 0) is 5.75 Å². The third-order valence-electron chi connectivity index (χ3n) is 2.17. The third-order valence-corrected chi connectivity index (χ3v) is 3.40. The van der Waals surface area contributed by atoms with E-state index in [9.17, 15) is 4.79 Å². The zero-order valence-corrected chi connectivity index (χ0v) is 10.9. The van der Waals surface area contributed by atoms with Gasteiger partial charge in [0, 0.05) is 5.75 Å². The molecule has 0 saturated carbocycles. The lowest BCUT2D eigenvalue weighted by Crippen LogP contribution is -2.14. The van der Waals surface area contributed by atoms with Gasteiger partial charge in [0.1, 0.15) is 5.03 Å². The molecule has 0 unspecified atom stereocenters. The van der Waals surface area contributed by atoms with Gasteiger partial charge in [0.25, 0.3) is 5.91 Å². The molecule has 0 aliphatic rings. The Hall–Kier alpha value is -1.59. The van der Waals surface area contributed by atoms with Gasteiger partial charge in [-0.25, -0.2) is 9.97 Å². The Labute approximate surface area is 114 Å². The lowest BCUT2D eigenvalue weighted by atomic mass is 10.2. The number of primary amides is 1. The van der Waals surface area contributed by atoms with Crippen molar-refractivity contribution in [2.24, 2.45) is 5.73 Å². The van der Waals surface area contributed by atoms with Crippen molar-refractivity contribution in [3.8, 4) is 0 Å². The average Bonchev–Trinajstić information content (AvgIpc) is 2.37. The minimum Gasteiger partial charge on any atom is -0.364 e. The van der Waals surface area contributed by atoms with Crippen LogP contribution in [0.25, 0.3) is 0 Å². The highest BCUT2D eigenvalue weighted by Gasteiger charge is 2.10. The number of hydrogen-bond donors (Lipinski definition) is 1. The third kappa shape index (κ3) is 3.21. The second-order valence-electron chi connectivity index (χ2n) is 3.49. The number of halogens is 1. The van der Waals surface area contributed by atoms with Crippen LogP contribution < -0.4 is 5.73 Å². The molecule has 0 saturated heterocycles. The number of aromatic nitrogens is 2. The van der Waals surface area contributed by atoms with E-state index in [0.717, 1.165) is 5.75 Å². The molecule has 0 aliphatic carbocycles. The van der Waals surface area contributed by atoms with E-state index in [1.807, 2.05) is 30.3 Å². The molecular formula is C12H10ClN3OS. The number of nitrogens with zero attached hydrogens (tertiary/aromatic N) is 2. The normalized spacial score (nSPS) is 10.3. The van der Waals surface area contributed by atoms with Crippen LogP contribution in [0.2, 0.25) is 5.15 Å². The van der Waals surface area contributed by atoms with Crippen LogP contribution in [0.3, 0.4) is 0 Å². The molecule has 0 fully saturated rings. The van der Waals surface area contributed by atoms with Crippen LogP contribution in [-0.4, -0.2) is 15.9 Å². The summed E-state index contributed by atoms with van der Waals surface area (Å²) in [6.45, 7) is 0. The summed E-state index contributed by atoms with van der Waals surface area (Å²) in [7, 11) is 0. The largest absolute Gasteiger partial charge is 0.364 e. The van der Waals surface area contributed by atoms with Crippen molar-refractivity contribution in [1.29, 1.82) is 0 Å². The first kappa shape index (κ1) is 12.9. The molecule has 0 bridgehead atoms.